The van der Waals surface area contributed by atoms with Gasteiger partial charge in [0, 0.05) is 44.5 Å². The van der Waals surface area contributed by atoms with Gasteiger partial charge in [0.15, 0.2) is 0 Å². The van der Waals surface area contributed by atoms with E-state index in [4.69, 9.17) is 0 Å². The molecule has 1 heterocycles. The maximum Gasteiger partial charge on any atom is 0.243 e. The quantitative estimate of drug-likeness (QED) is 0.679. The standard InChI is InChI=1S/C21H32FN5O3/c1-21(2,3)24-19(29)14-26-9-11-27(12-10-26)15-20(30)25(4)13-18(28)23-17-7-5-16(22)6-8-17/h5-8H,9-15H2,1-4H3,(H,23,28)(H,24,29). The molecule has 2 N–H and O–H groups in total. The van der Waals surface area contributed by atoms with Gasteiger partial charge in [-0.1, -0.05) is 0 Å². The van der Waals surface area contributed by atoms with Crippen LogP contribution in [0.2, 0.25) is 0 Å². The van der Waals surface area contributed by atoms with Crippen LogP contribution < -0.4 is 10.6 Å². The van der Waals surface area contributed by atoms with E-state index in [0.717, 1.165) is 0 Å². The third-order valence-electron chi connectivity index (χ3n) is 4.64. The van der Waals surface area contributed by atoms with Crippen LogP contribution in [0.3, 0.4) is 0 Å². The minimum atomic E-state index is -0.379. The smallest absolute Gasteiger partial charge is 0.243 e. The molecule has 9 heteroatoms. The van der Waals surface area contributed by atoms with E-state index in [9.17, 15) is 18.8 Å². The van der Waals surface area contributed by atoms with Crippen LogP contribution in [-0.4, -0.2) is 90.8 Å². The Morgan fingerprint density at radius 1 is 0.967 bits per heavy atom. The van der Waals surface area contributed by atoms with E-state index in [1.54, 1.807) is 7.05 Å². The molecule has 0 atom stereocenters. The maximum absolute atomic E-state index is 12.9. The minimum absolute atomic E-state index is 0.000994. The molecule has 8 nitrogen and oxygen atoms in total. The third-order valence-corrected chi connectivity index (χ3v) is 4.64. The van der Waals surface area contributed by atoms with Crippen molar-refractivity contribution in [3.8, 4) is 0 Å². The van der Waals surface area contributed by atoms with Crippen molar-refractivity contribution in [2.45, 2.75) is 26.3 Å². The summed E-state index contributed by atoms with van der Waals surface area (Å²) in [6.45, 7) is 9.13. The number of hydrogen-bond donors (Lipinski definition) is 2. The van der Waals surface area contributed by atoms with Crippen LogP contribution in [0, 0.1) is 5.82 Å². The molecule has 1 aliphatic rings. The van der Waals surface area contributed by atoms with Crippen molar-refractivity contribution in [1.29, 1.82) is 0 Å². The summed E-state index contributed by atoms with van der Waals surface area (Å²) in [5, 5.41) is 5.59. The molecule has 166 valence electrons. The Morgan fingerprint density at radius 3 is 2.03 bits per heavy atom. The van der Waals surface area contributed by atoms with Gasteiger partial charge in [-0.15, -0.1) is 0 Å². The van der Waals surface area contributed by atoms with Gasteiger partial charge in [0.2, 0.25) is 17.7 Å². The van der Waals surface area contributed by atoms with Crippen molar-refractivity contribution in [3.63, 3.8) is 0 Å². The molecular formula is C21H32FN5O3. The molecule has 0 aliphatic carbocycles. The average Bonchev–Trinajstić information content (AvgIpc) is 2.63. The molecule has 0 saturated carbocycles. The summed E-state index contributed by atoms with van der Waals surface area (Å²) in [6.07, 6.45) is 0. The zero-order valence-electron chi connectivity index (χ0n) is 18.2. The normalized spacial score (nSPS) is 15.5. The number of nitrogens with zero attached hydrogens (tertiary/aromatic N) is 3. The van der Waals surface area contributed by atoms with Crippen LogP contribution in [0.15, 0.2) is 24.3 Å². The number of carbonyl (C=O) groups excluding carboxylic acids is 3. The molecular weight excluding hydrogens is 389 g/mol. The second kappa shape index (κ2) is 10.5. The van der Waals surface area contributed by atoms with Crippen molar-refractivity contribution >= 4 is 23.4 Å². The van der Waals surface area contributed by atoms with Crippen molar-refractivity contribution in [1.82, 2.24) is 20.0 Å². The van der Waals surface area contributed by atoms with Gasteiger partial charge in [-0.05, 0) is 45.0 Å². The summed E-state index contributed by atoms with van der Waals surface area (Å²) in [4.78, 5) is 42.0. The lowest BCUT2D eigenvalue weighted by Crippen LogP contribution is -2.53. The lowest BCUT2D eigenvalue weighted by Gasteiger charge is -2.35. The monoisotopic (exact) mass is 421 g/mol. The van der Waals surface area contributed by atoms with Gasteiger partial charge >= 0.3 is 0 Å². The largest absolute Gasteiger partial charge is 0.350 e. The topological polar surface area (TPSA) is 85.0 Å². The average molecular weight is 422 g/mol. The van der Waals surface area contributed by atoms with E-state index >= 15 is 0 Å². The molecule has 1 aliphatic heterocycles. The number of rotatable bonds is 7. The molecule has 1 aromatic rings. The highest BCUT2D eigenvalue weighted by molar-refractivity contribution is 5.94. The van der Waals surface area contributed by atoms with E-state index in [1.807, 2.05) is 25.7 Å². The first-order valence-electron chi connectivity index (χ1n) is 10.1. The van der Waals surface area contributed by atoms with Crippen LogP contribution in [-0.2, 0) is 14.4 Å². The Morgan fingerprint density at radius 2 is 1.50 bits per heavy atom. The number of anilines is 1. The molecule has 2 rings (SSSR count). The second-order valence-electron chi connectivity index (χ2n) is 8.66. The molecule has 1 fully saturated rings. The first-order valence-corrected chi connectivity index (χ1v) is 10.1. The Balaban J connectivity index is 1.70. The molecule has 0 unspecified atom stereocenters. The van der Waals surface area contributed by atoms with Crippen molar-refractivity contribution in [2.75, 3.05) is 58.2 Å². The Labute approximate surface area is 177 Å². The van der Waals surface area contributed by atoms with Crippen LogP contribution in [0.25, 0.3) is 0 Å². The van der Waals surface area contributed by atoms with Crippen LogP contribution >= 0.6 is 0 Å². The molecule has 0 bridgehead atoms. The molecule has 0 aromatic heterocycles. The van der Waals surface area contributed by atoms with Crippen molar-refractivity contribution < 1.29 is 18.8 Å². The number of carbonyl (C=O) groups is 3. The zero-order valence-corrected chi connectivity index (χ0v) is 18.2. The summed E-state index contributed by atoms with van der Waals surface area (Å²) in [6, 6.07) is 5.46. The SMILES string of the molecule is CN(CC(=O)Nc1ccc(F)cc1)C(=O)CN1CCN(CC(=O)NC(C)(C)C)CC1. The second-order valence-corrected chi connectivity index (χ2v) is 8.66. The van der Waals surface area contributed by atoms with Gasteiger partial charge < -0.3 is 15.5 Å². The fourth-order valence-corrected chi connectivity index (χ4v) is 3.12. The van der Waals surface area contributed by atoms with Crippen LogP contribution in [0.1, 0.15) is 20.8 Å². The Kier molecular flexibility index (Phi) is 8.31. The van der Waals surface area contributed by atoms with Crippen LogP contribution in [0.5, 0.6) is 0 Å². The van der Waals surface area contributed by atoms with E-state index in [2.05, 4.69) is 15.5 Å². The first-order chi connectivity index (χ1) is 14.0. The summed E-state index contributed by atoms with van der Waals surface area (Å²) >= 11 is 0. The van der Waals surface area contributed by atoms with Crippen LogP contribution in [0.4, 0.5) is 10.1 Å². The van der Waals surface area contributed by atoms with Gasteiger partial charge in [0.05, 0.1) is 19.6 Å². The van der Waals surface area contributed by atoms with Crippen molar-refractivity contribution in [3.05, 3.63) is 30.1 Å². The molecule has 3 amide bonds. The summed E-state index contributed by atoms with van der Waals surface area (Å²) in [5.74, 6) is -0.871. The van der Waals surface area contributed by atoms with Gasteiger partial charge in [0.25, 0.3) is 0 Å². The van der Waals surface area contributed by atoms with E-state index in [1.165, 1.54) is 29.2 Å². The summed E-state index contributed by atoms with van der Waals surface area (Å²) < 4.78 is 12.9. The molecule has 1 saturated heterocycles. The molecule has 30 heavy (non-hydrogen) atoms. The molecule has 1 aromatic carbocycles. The minimum Gasteiger partial charge on any atom is -0.350 e. The highest BCUT2D eigenvalue weighted by atomic mass is 19.1. The fourth-order valence-electron chi connectivity index (χ4n) is 3.12. The molecule has 0 spiro atoms. The number of halogens is 1. The Bertz CT molecular complexity index is 740. The number of nitrogens with one attached hydrogen (secondary N) is 2. The highest BCUT2D eigenvalue weighted by Crippen LogP contribution is 2.08. The van der Waals surface area contributed by atoms with Gasteiger partial charge in [0.1, 0.15) is 5.82 Å². The lowest BCUT2D eigenvalue weighted by molar-refractivity contribution is -0.135. The predicted molar refractivity (Wildman–Crippen MR) is 113 cm³/mol. The number of likely N-dealkylation sites (N-methyl/N-ethyl adjacent to an activating group) is 1. The Hall–Kier alpha value is -2.52. The van der Waals surface area contributed by atoms with E-state index in [0.29, 0.717) is 38.4 Å². The third kappa shape index (κ3) is 8.46. The van der Waals surface area contributed by atoms with E-state index < -0.39 is 0 Å². The van der Waals surface area contributed by atoms with Crippen molar-refractivity contribution in [2.24, 2.45) is 0 Å². The van der Waals surface area contributed by atoms with Gasteiger partial charge in [-0.3, -0.25) is 24.2 Å². The first kappa shape index (κ1) is 23.8. The lowest BCUT2D eigenvalue weighted by atomic mass is 10.1. The number of piperazine rings is 1. The predicted octanol–water partition coefficient (Wildman–Crippen LogP) is 0.755. The summed E-state index contributed by atoms with van der Waals surface area (Å²) in [5.41, 5.74) is 0.229. The summed E-state index contributed by atoms with van der Waals surface area (Å²) in [7, 11) is 1.58. The number of amides is 3. The number of hydrogen-bond acceptors (Lipinski definition) is 5. The molecule has 0 radical (unpaired) electrons. The number of benzene rings is 1. The highest BCUT2D eigenvalue weighted by Gasteiger charge is 2.23. The fraction of sp³-hybridized carbons (Fsp3) is 0.571. The van der Waals surface area contributed by atoms with Gasteiger partial charge in [-0.25, -0.2) is 4.39 Å². The van der Waals surface area contributed by atoms with Gasteiger partial charge in [-0.2, -0.15) is 0 Å². The zero-order chi connectivity index (χ0) is 22.3. The maximum atomic E-state index is 12.9. The van der Waals surface area contributed by atoms with E-state index in [-0.39, 0.29) is 42.2 Å².